The van der Waals surface area contributed by atoms with Crippen molar-refractivity contribution < 1.29 is 19.2 Å². The Bertz CT molecular complexity index is 918. The number of nitrogens with zero attached hydrogens (tertiary/aromatic N) is 2. The molecule has 1 N–H and O–H groups in total. The molecule has 1 atom stereocenters. The molecular formula is C20H20ClN2O3S+. The van der Waals surface area contributed by atoms with Gasteiger partial charge in [0.25, 0.3) is 5.72 Å². The van der Waals surface area contributed by atoms with E-state index in [1.807, 2.05) is 42.5 Å². The fraction of sp³-hybridized carbons (Fsp3) is 0.350. The number of aliphatic hydroxyl groups is 1. The van der Waals surface area contributed by atoms with Gasteiger partial charge < -0.3 is 14.6 Å². The van der Waals surface area contributed by atoms with Crippen molar-refractivity contribution >= 4 is 34.2 Å². The Balaban J connectivity index is 1.57. The average Bonchev–Trinajstić information content (AvgIpc) is 3.03. The molecule has 0 bridgehead atoms. The summed E-state index contributed by atoms with van der Waals surface area (Å²) in [7, 11) is 0. The Morgan fingerprint density at radius 1 is 1.07 bits per heavy atom. The Hall–Kier alpha value is -1.89. The molecule has 0 aliphatic carbocycles. The summed E-state index contributed by atoms with van der Waals surface area (Å²) in [4.78, 5) is 2.18. The Labute approximate surface area is 167 Å². The van der Waals surface area contributed by atoms with Crippen LogP contribution >= 0.6 is 23.4 Å². The molecule has 0 spiro atoms. The van der Waals surface area contributed by atoms with Crippen molar-refractivity contribution in [3.05, 3.63) is 53.1 Å². The van der Waals surface area contributed by atoms with E-state index in [0.717, 1.165) is 40.9 Å². The molecule has 0 saturated carbocycles. The zero-order chi connectivity index (χ0) is 18.4. The number of anilines is 1. The summed E-state index contributed by atoms with van der Waals surface area (Å²) in [6.07, 6.45) is 1.04. The lowest BCUT2D eigenvalue weighted by Gasteiger charge is -2.26. The van der Waals surface area contributed by atoms with Gasteiger partial charge in [0.1, 0.15) is 18.9 Å². The molecule has 3 aliphatic rings. The minimum absolute atomic E-state index is 0.455. The number of hydrogen-bond acceptors (Lipinski definition) is 5. The molecule has 0 saturated heterocycles. The molecule has 2 aromatic carbocycles. The predicted molar refractivity (Wildman–Crippen MR) is 107 cm³/mol. The van der Waals surface area contributed by atoms with Gasteiger partial charge in [0.2, 0.25) is 0 Å². The van der Waals surface area contributed by atoms with E-state index >= 15 is 0 Å². The van der Waals surface area contributed by atoms with Gasteiger partial charge in [-0.3, -0.25) is 0 Å². The second-order valence-electron chi connectivity index (χ2n) is 6.87. The number of amidine groups is 1. The number of β-amino-alcohol motifs (C(OH)–C–C–N with tert-alkyl or cyclic N) is 1. The van der Waals surface area contributed by atoms with Crippen LogP contribution in [-0.4, -0.2) is 46.9 Å². The molecule has 7 heteroatoms. The van der Waals surface area contributed by atoms with Gasteiger partial charge in [-0.05, 0) is 60.6 Å². The second-order valence-corrected chi connectivity index (χ2v) is 8.37. The minimum Gasteiger partial charge on any atom is -0.486 e. The van der Waals surface area contributed by atoms with Crippen molar-refractivity contribution in [3.8, 4) is 11.5 Å². The molecule has 27 heavy (non-hydrogen) atoms. The Kier molecular flexibility index (Phi) is 4.22. The molecule has 2 aromatic rings. The van der Waals surface area contributed by atoms with Crippen molar-refractivity contribution in [3.63, 3.8) is 0 Å². The van der Waals surface area contributed by atoms with Gasteiger partial charge >= 0.3 is 5.17 Å². The fourth-order valence-corrected chi connectivity index (χ4v) is 5.17. The van der Waals surface area contributed by atoms with Crippen molar-refractivity contribution in [2.75, 3.05) is 37.0 Å². The standard InChI is InChI=1S/C20H20ClN2O3S/c21-15-3-5-16(6-4-15)22-13-20(24,23-8-1-11-27-19(22)23)14-2-7-17-18(12-14)26-10-9-25-17/h2-7,12,24H,1,8-11,13H2/q+1/t20-/m0/s1. The third kappa shape index (κ3) is 2.87. The van der Waals surface area contributed by atoms with Crippen molar-refractivity contribution in [1.29, 1.82) is 0 Å². The van der Waals surface area contributed by atoms with Crippen LogP contribution in [0.25, 0.3) is 0 Å². The molecule has 0 radical (unpaired) electrons. The van der Waals surface area contributed by atoms with Crippen LogP contribution in [0.2, 0.25) is 5.02 Å². The molecular weight excluding hydrogens is 384 g/mol. The second kappa shape index (κ2) is 6.62. The molecule has 0 aromatic heterocycles. The number of benzene rings is 2. The van der Waals surface area contributed by atoms with Crippen molar-refractivity contribution in [2.24, 2.45) is 0 Å². The highest BCUT2D eigenvalue weighted by molar-refractivity contribution is 8.13. The topological polar surface area (TPSA) is 44.9 Å². The first-order chi connectivity index (χ1) is 13.1. The number of rotatable bonds is 2. The lowest BCUT2D eigenvalue weighted by Crippen LogP contribution is -2.41. The van der Waals surface area contributed by atoms with E-state index in [1.54, 1.807) is 11.8 Å². The quantitative estimate of drug-likeness (QED) is 0.779. The summed E-state index contributed by atoms with van der Waals surface area (Å²) in [6, 6.07) is 13.5. The average molecular weight is 404 g/mol. The van der Waals surface area contributed by atoms with Gasteiger partial charge in [0.05, 0.1) is 6.54 Å². The molecule has 0 amide bonds. The van der Waals surface area contributed by atoms with E-state index in [4.69, 9.17) is 21.1 Å². The third-order valence-corrected chi connectivity index (χ3v) is 6.63. The number of halogens is 1. The van der Waals surface area contributed by atoms with Crippen LogP contribution < -0.4 is 14.4 Å². The summed E-state index contributed by atoms with van der Waals surface area (Å²) in [6.45, 7) is 2.36. The number of fused-ring (bicyclic) bond motifs is 1. The monoisotopic (exact) mass is 403 g/mol. The Morgan fingerprint density at radius 2 is 1.85 bits per heavy atom. The highest BCUT2D eigenvalue weighted by Crippen LogP contribution is 2.41. The summed E-state index contributed by atoms with van der Waals surface area (Å²) in [5.41, 5.74) is 0.739. The zero-order valence-corrected chi connectivity index (χ0v) is 16.3. The smallest absolute Gasteiger partial charge is 0.316 e. The minimum atomic E-state index is -1.11. The molecule has 5 rings (SSSR count). The maximum absolute atomic E-state index is 11.8. The van der Waals surface area contributed by atoms with Gasteiger partial charge in [-0.15, -0.1) is 0 Å². The number of thioether (sulfide) groups is 1. The first-order valence-corrected chi connectivity index (χ1v) is 10.4. The van der Waals surface area contributed by atoms with E-state index < -0.39 is 5.72 Å². The van der Waals surface area contributed by atoms with E-state index in [2.05, 4.69) is 9.48 Å². The molecule has 0 unspecified atom stereocenters. The van der Waals surface area contributed by atoms with Gasteiger partial charge in [-0.25, -0.2) is 9.48 Å². The maximum atomic E-state index is 11.8. The van der Waals surface area contributed by atoms with Crippen LogP contribution in [0.3, 0.4) is 0 Å². The van der Waals surface area contributed by atoms with Crippen LogP contribution in [0.4, 0.5) is 5.69 Å². The van der Waals surface area contributed by atoms with E-state index in [0.29, 0.717) is 30.5 Å². The first kappa shape index (κ1) is 17.2. The maximum Gasteiger partial charge on any atom is 0.316 e. The molecule has 0 fully saturated rings. The number of ether oxygens (including phenoxy) is 2. The first-order valence-electron chi connectivity index (χ1n) is 9.08. The molecule has 3 aliphatic heterocycles. The summed E-state index contributed by atoms with van der Waals surface area (Å²) in [5, 5.41) is 13.6. The molecule has 3 heterocycles. The summed E-state index contributed by atoms with van der Waals surface area (Å²) >= 11 is 7.85. The highest BCUT2D eigenvalue weighted by Gasteiger charge is 2.53. The van der Waals surface area contributed by atoms with Crippen molar-refractivity contribution in [1.82, 2.24) is 0 Å². The van der Waals surface area contributed by atoms with E-state index in [-0.39, 0.29) is 0 Å². The lowest BCUT2D eigenvalue weighted by atomic mass is 10.0. The largest absolute Gasteiger partial charge is 0.486 e. The highest BCUT2D eigenvalue weighted by atomic mass is 35.5. The number of hydrogen-bond donors (Lipinski definition) is 1. The van der Waals surface area contributed by atoms with Crippen LogP contribution in [0, 0.1) is 0 Å². The van der Waals surface area contributed by atoms with Crippen molar-refractivity contribution in [2.45, 2.75) is 12.1 Å². The fourth-order valence-electron chi connectivity index (χ4n) is 3.86. The predicted octanol–water partition coefficient (Wildman–Crippen LogP) is 3.28. The van der Waals surface area contributed by atoms with Crippen LogP contribution in [0.1, 0.15) is 12.0 Å². The third-order valence-electron chi connectivity index (χ3n) is 5.19. The van der Waals surface area contributed by atoms with Gasteiger partial charge in [-0.1, -0.05) is 11.6 Å². The van der Waals surface area contributed by atoms with Crippen LogP contribution in [0.5, 0.6) is 11.5 Å². The molecule has 140 valence electrons. The molecule has 5 nitrogen and oxygen atoms in total. The van der Waals surface area contributed by atoms with Gasteiger partial charge in [0.15, 0.2) is 18.0 Å². The normalized spacial score (nSPS) is 24.1. The summed E-state index contributed by atoms with van der Waals surface area (Å²) in [5.74, 6) is 2.48. The summed E-state index contributed by atoms with van der Waals surface area (Å²) < 4.78 is 13.5. The van der Waals surface area contributed by atoms with E-state index in [9.17, 15) is 5.11 Å². The Morgan fingerprint density at radius 3 is 2.67 bits per heavy atom. The zero-order valence-electron chi connectivity index (χ0n) is 14.7. The van der Waals surface area contributed by atoms with Gasteiger partial charge in [0, 0.05) is 16.3 Å². The lowest BCUT2D eigenvalue weighted by molar-refractivity contribution is -0.656. The van der Waals surface area contributed by atoms with Gasteiger partial charge in [-0.2, -0.15) is 0 Å². The SMILES string of the molecule is O[C@]1(c2ccc3c(c2)OCCO3)CN(c2ccc(Cl)cc2)C2=[N+]1CCCS2. The van der Waals surface area contributed by atoms with Crippen LogP contribution in [0.15, 0.2) is 42.5 Å². The van der Waals surface area contributed by atoms with Crippen LogP contribution in [-0.2, 0) is 5.72 Å². The van der Waals surface area contributed by atoms with E-state index in [1.165, 1.54) is 0 Å².